The second-order valence-corrected chi connectivity index (χ2v) is 6.27. The third-order valence-electron chi connectivity index (χ3n) is 4.25. The number of piperidine rings is 1. The summed E-state index contributed by atoms with van der Waals surface area (Å²) in [5.74, 6) is 1.31. The van der Waals surface area contributed by atoms with Crippen LogP contribution in [0.3, 0.4) is 0 Å². The van der Waals surface area contributed by atoms with Crippen LogP contribution < -0.4 is 0 Å². The lowest BCUT2D eigenvalue weighted by atomic mass is 9.76. The van der Waals surface area contributed by atoms with Crippen molar-refractivity contribution < 1.29 is 0 Å². The van der Waals surface area contributed by atoms with Crippen molar-refractivity contribution in [1.82, 2.24) is 4.90 Å². The summed E-state index contributed by atoms with van der Waals surface area (Å²) in [6.07, 6.45) is 2.05. The van der Waals surface area contributed by atoms with Gasteiger partial charge in [-0.2, -0.15) is 5.26 Å². The van der Waals surface area contributed by atoms with Crippen LogP contribution in [0.5, 0.6) is 0 Å². The molecule has 0 saturated carbocycles. The maximum Gasteiger partial charge on any atom is 0.0659 e. The van der Waals surface area contributed by atoms with Gasteiger partial charge in [0.1, 0.15) is 0 Å². The zero-order valence-corrected chi connectivity index (χ0v) is 12.9. The Kier molecular flexibility index (Phi) is 5.82. The first kappa shape index (κ1) is 16.0. The maximum absolute atomic E-state index is 9.45. The monoisotopic (exact) mass is 260 g/mol. The Labute approximate surface area is 118 Å². The summed E-state index contributed by atoms with van der Waals surface area (Å²) in [6.45, 7) is 18.9. The highest BCUT2D eigenvalue weighted by Crippen LogP contribution is 2.35. The number of likely N-dealkylation sites (N-methyl/N-ethyl adjacent to an activating group) is 1. The van der Waals surface area contributed by atoms with Crippen molar-refractivity contribution in [3.8, 4) is 6.07 Å². The van der Waals surface area contributed by atoms with Crippen LogP contribution in [-0.4, -0.2) is 24.0 Å². The molecule has 1 heterocycles. The molecule has 3 unspecified atom stereocenters. The minimum absolute atomic E-state index is 0.159. The zero-order valence-electron chi connectivity index (χ0n) is 12.9. The first-order valence-electron chi connectivity index (χ1n) is 7.39. The lowest BCUT2D eigenvalue weighted by molar-refractivity contribution is 0.0954. The van der Waals surface area contributed by atoms with Crippen molar-refractivity contribution in [1.29, 1.82) is 5.26 Å². The standard InChI is InChI=1S/C17H28N2/c1-7-19-11-16(8-12(2)3)15(10-18)9-17(19)14(6)13(4)5/h12,15-17H,4,6-9,11H2,1-3,5H3. The van der Waals surface area contributed by atoms with Gasteiger partial charge < -0.3 is 0 Å². The summed E-state index contributed by atoms with van der Waals surface area (Å²) < 4.78 is 0. The summed E-state index contributed by atoms with van der Waals surface area (Å²) in [4.78, 5) is 2.47. The zero-order chi connectivity index (χ0) is 14.6. The van der Waals surface area contributed by atoms with Gasteiger partial charge in [0.25, 0.3) is 0 Å². The van der Waals surface area contributed by atoms with Crippen molar-refractivity contribution in [2.45, 2.75) is 46.6 Å². The topological polar surface area (TPSA) is 27.0 Å². The normalized spacial score (nSPS) is 28.1. The van der Waals surface area contributed by atoms with Crippen molar-refractivity contribution >= 4 is 0 Å². The highest BCUT2D eigenvalue weighted by molar-refractivity contribution is 5.29. The molecule has 1 rings (SSSR count). The minimum atomic E-state index is 0.159. The van der Waals surface area contributed by atoms with E-state index in [1.165, 1.54) is 0 Å². The highest BCUT2D eigenvalue weighted by atomic mass is 15.2. The van der Waals surface area contributed by atoms with Crippen molar-refractivity contribution in [2.24, 2.45) is 17.8 Å². The van der Waals surface area contributed by atoms with Crippen molar-refractivity contribution in [3.05, 3.63) is 24.3 Å². The van der Waals surface area contributed by atoms with Crippen LogP contribution in [0.2, 0.25) is 0 Å². The fourth-order valence-corrected chi connectivity index (χ4v) is 3.14. The molecule has 0 radical (unpaired) electrons. The van der Waals surface area contributed by atoms with E-state index in [0.717, 1.165) is 37.1 Å². The molecule has 0 amide bonds. The van der Waals surface area contributed by atoms with E-state index >= 15 is 0 Å². The van der Waals surface area contributed by atoms with E-state index in [9.17, 15) is 5.26 Å². The quantitative estimate of drug-likeness (QED) is 0.698. The Morgan fingerprint density at radius 2 is 2.05 bits per heavy atom. The van der Waals surface area contributed by atoms with E-state index in [1.54, 1.807) is 0 Å². The fourth-order valence-electron chi connectivity index (χ4n) is 3.14. The third kappa shape index (κ3) is 3.94. The van der Waals surface area contributed by atoms with E-state index in [2.05, 4.69) is 44.9 Å². The van der Waals surface area contributed by atoms with Gasteiger partial charge in [-0.15, -0.1) is 0 Å². The summed E-state index contributed by atoms with van der Waals surface area (Å²) in [7, 11) is 0. The fraction of sp³-hybridized carbons (Fsp3) is 0.706. The molecule has 3 atom stereocenters. The summed E-state index contributed by atoms with van der Waals surface area (Å²) >= 11 is 0. The Balaban J connectivity index is 2.87. The lowest BCUT2D eigenvalue weighted by Crippen LogP contribution is -2.48. The van der Waals surface area contributed by atoms with E-state index in [4.69, 9.17) is 0 Å². The molecular weight excluding hydrogens is 232 g/mol. The first-order valence-corrected chi connectivity index (χ1v) is 7.39. The predicted molar refractivity (Wildman–Crippen MR) is 81.7 cm³/mol. The molecule has 19 heavy (non-hydrogen) atoms. The average molecular weight is 260 g/mol. The summed E-state index contributed by atoms with van der Waals surface area (Å²) in [5.41, 5.74) is 2.15. The number of likely N-dealkylation sites (tertiary alicyclic amines) is 1. The van der Waals surface area contributed by atoms with Gasteiger partial charge in [0.15, 0.2) is 0 Å². The Morgan fingerprint density at radius 1 is 1.42 bits per heavy atom. The lowest BCUT2D eigenvalue weighted by Gasteiger charge is -2.43. The first-order chi connectivity index (χ1) is 8.90. The molecular formula is C17H28N2. The molecule has 0 aromatic rings. The molecule has 106 valence electrons. The number of rotatable bonds is 5. The SMILES string of the molecule is C=C(C)C(=C)C1CC(C#N)C(CC(C)C)CN1CC. The van der Waals surface area contributed by atoms with Gasteiger partial charge in [0, 0.05) is 12.6 Å². The largest absolute Gasteiger partial charge is 0.296 e. The molecule has 1 aliphatic rings. The van der Waals surface area contributed by atoms with Crippen molar-refractivity contribution in [2.75, 3.05) is 13.1 Å². The molecule has 2 heteroatoms. The number of nitriles is 1. The van der Waals surface area contributed by atoms with E-state index in [0.29, 0.717) is 17.9 Å². The van der Waals surface area contributed by atoms with Crippen LogP contribution in [0.15, 0.2) is 24.3 Å². The van der Waals surface area contributed by atoms with Crippen molar-refractivity contribution in [3.63, 3.8) is 0 Å². The Morgan fingerprint density at radius 3 is 2.47 bits per heavy atom. The summed E-state index contributed by atoms with van der Waals surface area (Å²) in [5, 5.41) is 9.45. The molecule has 0 N–H and O–H groups in total. The molecule has 0 aromatic heterocycles. The summed E-state index contributed by atoms with van der Waals surface area (Å²) in [6, 6.07) is 2.83. The molecule has 1 fully saturated rings. The minimum Gasteiger partial charge on any atom is -0.296 e. The van der Waals surface area contributed by atoms with Gasteiger partial charge in [-0.3, -0.25) is 4.90 Å². The number of hydrogen-bond donors (Lipinski definition) is 0. The predicted octanol–water partition coefficient (Wildman–Crippen LogP) is 4.01. The van der Waals surface area contributed by atoms with Crippen LogP contribution in [-0.2, 0) is 0 Å². The smallest absolute Gasteiger partial charge is 0.0659 e. The number of nitrogens with zero attached hydrogens (tertiary/aromatic N) is 2. The molecule has 0 aromatic carbocycles. The Bertz CT molecular complexity index is 375. The van der Waals surface area contributed by atoms with E-state index in [1.807, 2.05) is 6.92 Å². The number of hydrogen-bond acceptors (Lipinski definition) is 2. The Hall–Kier alpha value is -1.07. The second-order valence-electron chi connectivity index (χ2n) is 6.27. The van der Waals surface area contributed by atoms with Gasteiger partial charge in [-0.1, -0.05) is 39.5 Å². The van der Waals surface area contributed by atoms with Crippen LogP contribution >= 0.6 is 0 Å². The average Bonchev–Trinajstić information content (AvgIpc) is 2.36. The van der Waals surface area contributed by atoms with E-state index in [-0.39, 0.29) is 5.92 Å². The van der Waals surface area contributed by atoms with Crippen LogP contribution in [0.1, 0.15) is 40.5 Å². The molecule has 0 aliphatic carbocycles. The maximum atomic E-state index is 9.45. The van der Waals surface area contributed by atoms with E-state index < -0.39 is 0 Å². The molecule has 1 saturated heterocycles. The van der Waals surface area contributed by atoms with Crippen LogP contribution in [0.25, 0.3) is 0 Å². The molecule has 1 aliphatic heterocycles. The van der Waals surface area contributed by atoms with Gasteiger partial charge in [-0.05, 0) is 43.7 Å². The van der Waals surface area contributed by atoms with Gasteiger partial charge in [-0.25, -0.2) is 0 Å². The van der Waals surface area contributed by atoms with Crippen LogP contribution in [0.4, 0.5) is 0 Å². The van der Waals surface area contributed by atoms with Crippen LogP contribution in [0, 0.1) is 29.1 Å². The molecule has 0 spiro atoms. The third-order valence-corrected chi connectivity index (χ3v) is 4.25. The second kappa shape index (κ2) is 6.91. The van der Waals surface area contributed by atoms with Gasteiger partial charge in [0.05, 0.1) is 12.0 Å². The molecule has 0 bridgehead atoms. The molecule has 2 nitrogen and oxygen atoms in total. The van der Waals surface area contributed by atoms with Gasteiger partial charge in [0.2, 0.25) is 0 Å². The highest BCUT2D eigenvalue weighted by Gasteiger charge is 2.36. The van der Waals surface area contributed by atoms with Gasteiger partial charge >= 0.3 is 0 Å².